The summed E-state index contributed by atoms with van der Waals surface area (Å²) in [4.78, 5) is 0. The van der Waals surface area contributed by atoms with Gasteiger partial charge in [0.25, 0.3) is 6.43 Å². The highest BCUT2D eigenvalue weighted by molar-refractivity contribution is 5.79. The number of halogens is 2. The molecule has 0 amide bonds. The van der Waals surface area contributed by atoms with Gasteiger partial charge in [0.15, 0.2) is 0 Å². The minimum atomic E-state index is -2.60. The molecule has 2 aromatic carbocycles. The molecule has 1 aromatic heterocycles. The number of nitrogens with zero attached hydrogens (tertiary/aromatic N) is 3. The van der Waals surface area contributed by atoms with Crippen molar-refractivity contribution >= 4 is 22.3 Å². The molecule has 0 radical (unpaired) electrons. The summed E-state index contributed by atoms with van der Waals surface area (Å²) in [6.45, 7) is 3.45. The maximum Gasteiger partial charge on any atom is 0.263 e. The number of anilines is 1. The lowest BCUT2D eigenvalue weighted by Crippen LogP contribution is -2.04. The molecule has 3 aromatic rings. The standard InChI is InChI=1S/C16H14F2N4/c1-10(16(17)18)11-7-8-12(19-2)15(9-11)22-14-6-4-3-5-13(14)20-21-22/h3-9,16,19H,1H2,2H3. The third kappa shape index (κ3) is 2.32. The van der Waals surface area contributed by atoms with Crippen molar-refractivity contribution < 1.29 is 8.78 Å². The number of rotatable bonds is 4. The zero-order valence-corrected chi connectivity index (χ0v) is 11.9. The molecule has 3 rings (SSSR count). The first-order valence-corrected chi connectivity index (χ1v) is 6.71. The number of hydrogen-bond donors (Lipinski definition) is 1. The van der Waals surface area contributed by atoms with Crippen LogP contribution in [0.2, 0.25) is 0 Å². The van der Waals surface area contributed by atoms with Crippen LogP contribution in [0.25, 0.3) is 22.3 Å². The van der Waals surface area contributed by atoms with Crippen LogP contribution in [-0.4, -0.2) is 28.5 Å². The Kier molecular flexibility index (Phi) is 3.58. The third-order valence-electron chi connectivity index (χ3n) is 3.48. The molecule has 0 unspecified atom stereocenters. The fourth-order valence-corrected chi connectivity index (χ4v) is 2.29. The van der Waals surface area contributed by atoms with Crippen LogP contribution in [0, 0.1) is 0 Å². The second-order valence-electron chi connectivity index (χ2n) is 4.80. The summed E-state index contributed by atoms with van der Waals surface area (Å²) < 4.78 is 27.4. The predicted molar refractivity (Wildman–Crippen MR) is 83.4 cm³/mol. The minimum Gasteiger partial charge on any atom is -0.386 e. The van der Waals surface area contributed by atoms with Gasteiger partial charge in [-0.1, -0.05) is 30.0 Å². The van der Waals surface area contributed by atoms with E-state index in [0.29, 0.717) is 11.3 Å². The van der Waals surface area contributed by atoms with E-state index in [1.54, 1.807) is 29.9 Å². The summed E-state index contributed by atoms with van der Waals surface area (Å²) in [6.07, 6.45) is -2.60. The van der Waals surface area contributed by atoms with Gasteiger partial charge in [-0.2, -0.15) is 0 Å². The summed E-state index contributed by atoms with van der Waals surface area (Å²) in [6, 6.07) is 12.5. The van der Waals surface area contributed by atoms with E-state index >= 15 is 0 Å². The van der Waals surface area contributed by atoms with Crippen LogP contribution in [0.15, 0.2) is 49.0 Å². The van der Waals surface area contributed by atoms with Gasteiger partial charge in [0.2, 0.25) is 0 Å². The lowest BCUT2D eigenvalue weighted by atomic mass is 10.1. The van der Waals surface area contributed by atoms with Gasteiger partial charge in [0.05, 0.1) is 16.9 Å². The Morgan fingerprint density at radius 2 is 2.00 bits per heavy atom. The number of aromatic nitrogens is 3. The molecule has 0 aliphatic rings. The first kappa shape index (κ1) is 14.2. The normalized spacial score (nSPS) is 11.1. The van der Waals surface area contributed by atoms with E-state index in [0.717, 1.165) is 16.7 Å². The van der Waals surface area contributed by atoms with E-state index in [4.69, 9.17) is 0 Å². The number of nitrogens with one attached hydrogen (secondary N) is 1. The zero-order chi connectivity index (χ0) is 15.7. The molecular formula is C16H14F2N4. The average molecular weight is 300 g/mol. The molecule has 1 N–H and O–H groups in total. The van der Waals surface area contributed by atoms with Gasteiger partial charge < -0.3 is 5.32 Å². The van der Waals surface area contributed by atoms with E-state index in [1.807, 2.05) is 24.3 Å². The Hall–Kier alpha value is -2.76. The Morgan fingerprint density at radius 3 is 2.73 bits per heavy atom. The zero-order valence-electron chi connectivity index (χ0n) is 11.9. The number of hydrogen-bond acceptors (Lipinski definition) is 3. The highest BCUT2D eigenvalue weighted by atomic mass is 19.3. The van der Waals surface area contributed by atoms with Crippen molar-refractivity contribution in [1.82, 2.24) is 15.0 Å². The number of allylic oxidation sites excluding steroid dienone is 1. The van der Waals surface area contributed by atoms with Crippen molar-refractivity contribution in [2.75, 3.05) is 12.4 Å². The summed E-state index contributed by atoms with van der Waals surface area (Å²) in [7, 11) is 1.76. The Morgan fingerprint density at radius 1 is 1.23 bits per heavy atom. The topological polar surface area (TPSA) is 42.7 Å². The predicted octanol–water partition coefficient (Wildman–Crippen LogP) is 3.74. The lowest BCUT2D eigenvalue weighted by Gasteiger charge is -2.13. The Labute approximate surface area is 126 Å². The Bertz CT molecular complexity index is 839. The smallest absolute Gasteiger partial charge is 0.263 e. The first-order chi connectivity index (χ1) is 10.6. The van der Waals surface area contributed by atoms with E-state index < -0.39 is 6.43 Å². The monoisotopic (exact) mass is 300 g/mol. The number of alkyl halides is 2. The quantitative estimate of drug-likeness (QED) is 0.798. The molecule has 1 heterocycles. The van der Waals surface area contributed by atoms with Crippen molar-refractivity contribution in [2.45, 2.75) is 6.43 Å². The molecular weight excluding hydrogens is 286 g/mol. The van der Waals surface area contributed by atoms with Crippen molar-refractivity contribution in [3.63, 3.8) is 0 Å². The summed E-state index contributed by atoms with van der Waals surface area (Å²) in [5, 5.41) is 11.3. The highest BCUT2D eigenvalue weighted by Crippen LogP contribution is 2.28. The second-order valence-corrected chi connectivity index (χ2v) is 4.80. The molecule has 112 valence electrons. The van der Waals surface area contributed by atoms with Gasteiger partial charge in [-0.05, 0) is 29.8 Å². The average Bonchev–Trinajstić information content (AvgIpc) is 2.97. The van der Waals surface area contributed by atoms with E-state index in [1.165, 1.54) is 0 Å². The molecule has 0 spiro atoms. The molecule has 0 aliphatic carbocycles. The number of benzene rings is 2. The van der Waals surface area contributed by atoms with Gasteiger partial charge >= 0.3 is 0 Å². The second kappa shape index (κ2) is 5.55. The van der Waals surface area contributed by atoms with E-state index in [9.17, 15) is 8.78 Å². The summed E-state index contributed by atoms with van der Waals surface area (Å²) in [5.41, 5.74) is 3.12. The number of para-hydroxylation sites is 1. The molecule has 0 saturated heterocycles. The minimum absolute atomic E-state index is 0.215. The SMILES string of the molecule is C=C(c1ccc(NC)c(-n2nnc3ccccc32)c1)C(F)F. The first-order valence-electron chi connectivity index (χ1n) is 6.71. The van der Waals surface area contributed by atoms with Gasteiger partial charge in [-0.3, -0.25) is 0 Å². The fraction of sp³-hybridized carbons (Fsp3) is 0.125. The summed E-state index contributed by atoms with van der Waals surface area (Å²) in [5.74, 6) is 0. The maximum atomic E-state index is 12.9. The molecule has 0 fully saturated rings. The fourth-order valence-electron chi connectivity index (χ4n) is 2.29. The van der Waals surface area contributed by atoms with E-state index in [2.05, 4.69) is 22.2 Å². The Balaban J connectivity index is 2.20. The van der Waals surface area contributed by atoms with E-state index in [-0.39, 0.29) is 5.57 Å². The van der Waals surface area contributed by atoms with Gasteiger partial charge in [0, 0.05) is 12.6 Å². The lowest BCUT2D eigenvalue weighted by molar-refractivity contribution is 0.215. The van der Waals surface area contributed by atoms with Crippen LogP contribution in [0.5, 0.6) is 0 Å². The van der Waals surface area contributed by atoms with Gasteiger partial charge in [0.1, 0.15) is 5.52 Å². The van der Waals surface area contributed by atoms with Gasteiger partial charge in [-0.25, -0.2) is 13.5 Å². The molecule has 0 aliphatic heterocycles. The van der Waals surface area contributed by atoms with Crippen LogP contribution in [0.1, 0.15) is 5.56 Å². The van der Waals surface area contributed by atoms with Crippen LogP contribution < -0.4 is 5.32 Å². The molecule has 22 heavy (non-hydrogen) atoms. The molecule has 0 atom stereocenters. The van der Waals surface area contributed by atoms with Crippen LogP contribution >= 0.6 is 0 Å². The maximum absolute atomic E-state index is 12.9. The van der Waals surface area contributed by atoms with Gasteiger partial charge in [-0.15, -0.1) is 5.10 Å². The highest BCUT2D eigenvalue weighted by Gasteiger charge is 2.15. The van der Waals surface area contributed by atoms with Crippen LogP contribution in [-0.2, 0) is 0 Å². The van der Waals surface area contributed by atoms with Crippen molar-refractivity contribution in [3.8, 4) is 5.69 Å². The van der Waals surface area contributed by atoms with Crippen LogP contribution in [0.3, 0.4) is 0 Å². The third-order valence-corrected chi connectivity index (χ3v) is 3.48. The molecule has 4 nitrogen and oxygen atoms in total. The van der Waals surface area contributed by atoms with Crippen molar-refractivity contribution in [3.05, 3.63) is 54.6 Å². The molecule has 0 bridgehead atoms. The number of fused-ring (bicyclic) bond motifs is 1. The van der Waals surface area contributed by atoms with Crippen molar-refractivity contribution in [1.29, 1.82) is 0 Å². The largest absolute Gasteiger partial charge is 0.386 e. The van der Waals surface area contributed by atoms with Crippen molar-refractivity contribution in [2.24, 2.45) is 0 Å². The molecule has 0 saturated carbocycles. The summed E-state index contributed by atoms with van der Waals surface area (Å²) >= 11 is 0. The molecule has 6 heteroatoms. The van der Waals surface area contributed by atoms with Crippen LogP contribution in [0.4, 0.5) is 14.5 Å².